The smallest absolute Gasteiger partial charge is 0.315 e. The van der Waals surface area contributed by atoms with E-state index in [2.05, 4.69) is 16.0 Å². The number of benzene rings is 1. The predicted molar refractivity (Wildman–Crippen MR) is 76.3 cm³/mol. The first kappa shape index (κ1) is 14.1. The standard InChI is InChI=1S/C15H14FN3O3/c16-11-4-2-1-3-10(11)13-6-5-9(22-13)7-17-14(20)12-8-18-15(21)19-12/h1-6,12H,7-8H2,(H,17,20)(H2,18,19,21)/t12-/m1/s1. The number of furan rings is 1. The third-order valence-electron chi connectivity index (χ3n) is 3.33. The van der Waals surface area contributed by atoms with Crippen LogP contribution in [0.3, 0.4) is 0 Å². The highest BCUT2D eigenvalue weighted by molar-refractivity contribution is 5.90. The summed E-state index contributed by atoms with van der Waals surface area (Å²) in [6.07, 6.45) is 0. The van der Waals surface area contributed by atoms with Crippen LogP contribution in [0.25, 0.3) is 11.3 Å². The van der Waals surface area contributed by atoms with Crippen LogP contribution < -0.4 is 16.0 Å². The molecule has 0 aliphatic carbocycles. The van der Waals surface area contributed by atoms with Crippen LogP contribution in [0.4, 0.5) is 9.18 Å². The Kier molecular flexibility index (Phi) is 3.78. The van der Waals surface area contributed by atoms with Gasteiger partial charge in [-0.1, -0.05) is 12.1 Å². The molecule has 1 aliphatic heterocycles. The van der Waals surface area contributed by atoms with Gasteiger partial charge < -0.3 is 20.4 Å². The van der Waals surface area contributed by atoms with E-state index in [-0.39, 0.29) is 30.8 Å². The number of urea groups is 1. The van der Waals surface area contributed by atoms with Crippen LogP contribution in [0.1, 0.15) is 5.76 Å². The van der Waals surface area contributed by atoms with Crippen molar-refractivity contribution < 1.29 is 18.4 Å². The zero-order chi connectivity index (χ0) is 15.5. The molecule has 2 aromatic rings. The molecule has 1 saturated heterocycles. The number of rotatable bonds is 4. The van der Waals surface area contributed by atoms with Gasteiger partial charge in [-0.2, -0.15) is 0 Å². The van der Waals surface area contributed by atoms with Gasteiger partial charge in [0.2, 0.25) is 5.91 Å². The van der Waals surface area contributed by atoms with Crippen molar-refractivity contribution in [3.05, 3.63) is 48.0 Å². The van der Waals surface area contributed by atoms with E-state index in [9.17, 15) is 14.0 Å². The number of hydrogen-bond donors (Lipinski definition) is 3. The van der Waals surface area contributed by atoms with Gasteiger partial charge in [0.25, 0.3) is 0 Å². The summed E-state index contributed by atoms with van der Waals surface area (Å²) in [5, 5.41) is 7.65. The fourth-order valence-electron chi connectivity index (χ4n) is 2.19. The Labute approximate surface area is 125 Å². The van der Waals surface area contributed by atoms with Gasteiger partial charge in [-0.05, 0) is 24.3 Å². The van der Waals surface area contributed by atoms with E-state index in [0.29, 0.717) is 17.1 Å². The Morgan fingerprint density at radius 3 is 2.86 bits per heavy atom. The molecule has 0 radical (unpaired) electrons. The molecule has 0 unspecified atom stereocenters. The fraction of sp³-hybridized carbons (Fsp3) is 0.200. The minimum absolute atomic E-state index is 0.166. The highest BCUT2D eigenvalue weighted by Crippen LogP contribution is 2.24. The Bertz CT molecular complexity index is 714. The number of halogens is 1. The summed E-state index contributed by atoms with van der Waals surface area (Å²) in [5.41, 5.74) is 0.368. The average Bonchev–Trinajstić information content (AvgIpc) is 3.14. The van der Waals surface area contributed by atoms with Crippen LogP contribution in [0.15, 0.2) is 40.8 Å². The molecule has 0 bridgehead atoms. The molecule has 0 saturated carbocycles. The van der Waals surface area contributed by atoms with Crippen molar-refractivity contribution in [2.45, 2.75) is 12.6 Å². The maximum Gasteiger partial charge on any atom is 0.315 e. The van der Waals surface area contributed by atoms with Gasteiger partial charge in [0.15, 0.2) is 0 Å². The van der Waals surface area contributed by atoms with Gasteiger partial charge in [-0.3, -0.25) is 4.79 Å². The quantitative estimate of drug-likeness (QED) is 0.798. The molecule has 7 heteroatoms. The summed E-state index contributed by atoms with van der Waals surface area (Å²) in [6, 6.07) is 8.68. The van der Waals surface area contributed by atoms with E-state index >= 15 is 0 Å². The minimum atomic E-state index is -0.589. The molecule has 3 rings (SSSR count). The molecule has 1 aromatic heterocycles. The number of carbonyl (C=O) groups is 2. The second-order valence-corrected chi connectivity index (χ2v) is 4.87. The third-order valence-corrected chi connectivity index (χ3v) is 3.33. The lowest BCUT2D eigenvalue weighted by Crippen LogP contribution is -2.42. The largest absolute Gasteiger partial charge is 0.459 e. The van der Waals surface area contributed by atoms with Crippen LogP contribution >= 0.6 is 0 Å². The van der Waals surface area contributed by atoms with Crippen LogP contribution in [0.2, 0.25) is 0 Å². The highest BCUT2D eigenvalue weighted by atomic mass is 19.1. The molecule has 22 heavy (non-hydrogen) atoms. The lowest BCUT2D eigenvalue weighted by atomic mass is 10.1. The van der Waals surface area contributed by atoms with Gasteiger partial charge >= 0.3 is 6.03 Å². The predicted octanol–water partition coefficient (Wildman–Crippen LogP) is 1.38. The van der Waals surface area contributed by atoms with E-state index in [0.717, 1.165) is 0 Å². The first-order valence-corrected chi connectivity index (χ1v) is 6.79. The van der Waals surface area contributed by atoms with Gasteiger partial charge in [0.1, 0.15) is 23.4 Å². The van der Waals surface area contributed by atoms with Gasteiger partial charge in [-0.15, -0.1) is 0 Å². The summed E-state index contributed by atoms with van der Waals surface area (Å²) in [6.45, 7) is 0.420. The van der Waals surface area contributed by atoms with E-state index in [1.807, 2.05) is 0 Å². The number of amides is 3. The molecule has 0 spiro atoms. The fourth-order valence-corrected chi connectivity index (χ4v) is 2.19. The second kappa shape index (κ2) is 5.88. The molecule has 1 aliphatic rings. The molecular formula is C15H14FN3O3. The zero-order valence-corrected chi connectivity index (χ0v) is 11.6. The topological polar surface area (TPSA) is 83.4 Å². The maximum atomic E-state index is 13.7. The Morgan fingerprint density at radius 1 is 1.32 bits per heavy atom. The molecule has 1 atom stereocenters. The molecule has 3 N–H and O–H groups in total. The van der Waals surface area contributed by atoms with Crippen molar-refractivity contribution in [2.24, 2.45) is 0 Å². The molecule has 6 nitrogen and oxygen atoms in total. The first-order chi connectivity index (χ1) is 10.6. The summed E-state index contributed by atoms with van der Waals surface area (Å²) in [5.74, 6) is 0.233. The average molecular weight is 303 g/mol. The summed E-state index contributed by atoms with van der Waals surface area (Å²) < 4.78 is 19.2. The molecule has 2 heterocycles. The molecule has 3 amide bonds. The van der Waals surface area contributed by atoms with E-state index in [1.165, 1.54) is 6.07 Å². The number of hydrogen-bond acceptors (Lipinski definition) is 3. The third kappa shape index (κ3) is 2.93. The monoisotopic (exact) mass is 303 g/mol. The van der Waals surface area contributed by atoms with Gasteiger partial charge in [0, 0.05) is 6.54 Å². The van der Waals surface area contributed by atoms with E-state index < -0.39 is 6.04 Å². The zero-order valence-electron chi connectivity index (χ0n) is 11.6. The van der Waals surface area contributed by atoms with Crippen LogP contribution in [0, 0.1) is 5.82 Å². The van der Waals surface area contributed by atoms with Crippen LogP contribution in [0.5, 0.6) is 0 Å². The SMILES string of the molecule is O=C1NC[C@H](C(=O)NCc2ccc(-c3ccccc3F)o2)N1. The van der Waals surface area contributed by atoms with Gasteiger partial charge in [-0.25, -0.2) is 9.18 Å². The molecule has 1 fully saturated rings. The molecule has 1 aromatic carbocycles. The Balaban J connectivity index is 1.62. The summed E-state index contributed by atoms with van der Waals surface area (Å²) in [4.78, 5) is 22.8. The number of nitrogens with one attached hydrogen (secondary N) is 3. The van der Waals surface area contributed by atoms with Gasteiger partial charge in [0.05, 0.1) is 12.1 Å². The lowest BCUT2D eigenvalue weighted by molar-refractivity contribution is -0.122. The van der Waals surface area contributed by atoms with Crippen molar-refractivity contribution in [2.75, 3.05) is 6.54 Å². The summed E-state index contributed by atoms with van der Waals surface area (Å²) in [7, 11) is 0. The first-order valence-electron chi connectivity index (χ1n) is 6.79. The van der Waals surface area contributed by atoms with Crippen molar-refractivity contribution in [3.8, 4) is 11.3 Å². The Morgan fingerprint density at radius 2 is 2.14 bits per heavy atom. The number of carbonyl (C=O) groups excluding carboxylic acids is 2. The minimum Gasteiger partial charge on any atom is -0.459 e. The molecule has 114 valence electrons. The normalized spacial score (nSPS) is 17.0. The summed E-state index contributed by atoms with van der Waals surface area (Å²) >= 11 is 0. The van der Waals surface area contributed by atoms with E-state index in [4.69, 9.17) is 4.42 Å². The van der Waals surface area contributed by atoms with Crippen molar-refractivity contribution in [3.63, 3.8) is 0 Å². The van der Waals surface area contributed by atoms with E-state index in [1.54, 1.807) is 30.3 Å². The van der Waals surface area contributed by atoms with Crippen molar-refractivity contribution >= 4 is 11.9 Å². The van der Waals surface area contributed by atoms with Crippen LogP contribution in [-0.4, -0.2) is 24.5 Å². The van der Waals surface area contributed by atoms with Crippen LogP contribution in [-0.2, 0) is 11.3 Å². The Hall–Kier alpha value is -2.83. The highest BCUT2D eigenvalue weighted by Gasteiger charge is 2.26. The second-order valence-electron chi connectivity index (χ2n) is 4.87. The van der Waals surface area contributed by atoms with Crippen molar-refractivity contribution in [1.82, 2.24) is 16.0 Å². The molecular weight excluding hydrogens is 289 g/mol. The maximum absolute atomic E-state index is 13.7. The lowest BCUT2D eigenvalue weighted by Gasteiger charge is -2.08. The van der Waals surface area contributed by atoms with Crippen molar-refractivity contribution in [1.29, 1.82) is 0 Å².